The monoisotopic (exact) mass is 283 g/mol. The van der Waals surface area contributed by atoms with E-state index in [0.717, 1.165) is 18.0 Å². The molecule has 0 aliphatic rings. The third kappa shape index (κ3) is 7.33. The number of thioether (sulfide) groups is 1. The lowest BCUT2D eigenvalue weighted by atomic mass is 10.2. The maximum Gasteiger partial charge on any atom is 0.119 e. The quantitative estimate of drug-likeness (QED) is 0.668. The van der Waals surface area contributed by atoms with Gasteiger partial charge in [-0.05, 0) is 49.1 Å². The fourth-order valence-corrected chi connectivity index (χ4v) is 2.46. The van der Waals surface area contributed by atoms with Crippen LogP contribution in [0.4, 0.5) is 0 Å². The third-order valence-corrected chi connectivity index (χ3v) is 3.75. The van der Waals surface area contributed by atoms with Crippen molar-refractivity contribution in [3.05, 3.63) is 24.3 Å². The number of nitrogens with one attached hydrogen (secondary N) is 1. The number of benzene rings is 1. The van der Waals surface area contributed by atoms with Crippen molar-refractivity contribution >= 4 is 11.8 Å². The van der Waals surface area contributed by atoms with Gasteiger partial charge in [-0.15, -0.1) is 0 Å². The molecule has 0 saturated heterocycles. The minimum absolute atomic E-state index is 0.554. The largest absolute Gasteiger partial charge is 0.497 e. The van der Waals surface area contributed by atoms with Crippen LogP contribution in [0.15, 0.2) is 24.3 Å². The third-order valence-electron chi connectivity index (χ3n) is 2.82. The molecule has 1 N–H and O–H groups in total. The molecule has 0 heterocycles. The van der Waals surface area contributed by atoms with Crippen LogP contribution in [-0.4, -0.2) is 37.8 Å². The average molecular weight is 283 g/mol. The molecule has 0 saturated carbocycles. The summed E-state index contributed by atoms with van der Waals surface area (Å²) in [5, 5.41) is 3.47. The molecule has 4 heteroatoms. The molecule has 19 heavy (non-hydrogen) atoms. The predicted octanol–water partition coefficient (Wildman–Crippen LogP) is 3.20. The number of hydrogen-bond donors (Lipinski definition) is 1. The van der Waals surface area contributed by atoms with Crippen molar-refractivity contribution in [3.8, 4) is 11.5 Å². The Morgan fingerprint density at radius 3 is 2.53 bits per heavy atom. The first-order valence-electron chi connectivity index (χ1n) is 6.84. The maximum atomic E-state index is 5.66. The normalized spacial score (nSPS) is 12.2. The molecule has 0 amide bonds. The zero-order valence-corrected chi connectivity index (χ0v) is 13.0. The number of ether oxygens (including phenoxy) is 2. The Labute approximate surface area is 121 Å². The summed E-state index contributed by atoms with van der Waals surface area (Å²) in [4.78, 5) is 0. The molecule has 0 aliphatic heterocycles. The summed E-state index contributed by atoms with van der Waals surface area (Å²) in [6.07, 6.45) is 1.21. The van der Waals surface area contributed by atoms with Crippen molar-refractivity contribution in [1.82, 2.24) is 5.32 Å². The van der Waals surface area contributed by atoms with Crippen LogP contribution >= 0.6 is 11.8 Å². The Kier molecular flexibility index (Phi) is 8.50. The van der Waals surface area contributed by atoms with Crippen LogP contribution in [-0.2, 0) is 0 Å². The first-order valence-corrected chi connectivity index (χ1v) is 7.99. The van der Waals surface area contributed by atoms with Crippen LogP contribution in [0.25, 0.3) is 0 Å². The summed E-state index contributed by atoms with van der Waals surface area (Å²) >= 11 is 1.99. The molecule has 1 unspecified atom stereocenters. The number of hydrogen-bond acceptors (Lipinski definition) is 4. The van der Waals surface area contributed by atoms with Crippen molar-refractivity contribution in [3.63, 3.8) is 0 Å². The van der Waals surface area contributed by atoms with E-state index >= 15 is 0 Å². The summed E-state index contributed by atoms with van der Waals surface area (Å²) in [7, 11) is 1.66. The second-order valence-electron chi connectivity index (χ2n) is 4.36. The predicted molar refractivity (Wildman–Crippen MR) is 83.6 cm³/mol. The molecular weight excluding hydrogens is 258 g/mol. The molecule has 108 valence electrons. The van der Waals surface area contributed by atoms with Gasteiger partial charge in [0.15, 0.2) is 0 Å². The van der Waals surface area contributed by atoms with Crippen molar-refractivity contribution in [2.24, 2.45) is 0 Å². The Balaban J connectivity index is 2.09. The van der Waals surface area contributed by atoms with E-state index in [-0.39, 0.29) is 0 Å². The van der Waals surface area contributed by atoms with Gasteiger partial charge in [-0.3, -0.25) is 0 Å². The van der Waals surface area contributed by atoms with Crippen LogP contribution in [0, 0.1) is 0 Å². The van der Waals surface area contributed by atoms with Gasteiger partial charge in [0, 0.05) is 12.6 Å². The van der Waals surface area contributed by atoms with E-state index in [9.17, 15) is 0 Å². The summed E-state index contributed by atoms with van der Waals surface area (Å²) in [5.74, 6) is 4.17. The molecule has 0 aromatic heterocycles. The minimum atomic E-state index is 0.554. The zero-order valence-electron chi connectivity index (χ0n) is 12.1. The lowest BCUT2D eigenvalue weighted by Gasteiger charge is -2.14. The van der Waals surface area contributed by atoms with Gasteiger partial charge in [0.2, 0.25) is 0 Å². The van der Waals surface area contributed by atoms with Crippen LogP contribution in [0.3, 0.4) is 0 Å². The van der Waals surface area contributed by atoms with Crippen molar-refractivity contribution < 1.29 is 9.47 Å². The lowest BCUT2D eigenvalue weighted by Crippen LogP contribution is -2.30. The van der Waals surface area contributed by atoms with Crippen LogP contribution in [0.5, 0.6) is 11.5 Å². The maximum absolute atomic E-state index is 5.66. The standard InChI is InChI=1S/C15H25NO2S/c1-4-19-12-9-13(2)16-10-11-18-15-7-5-14(17-3)6-8-15/h5-8,13,16H,4,9-12H2,1-3H3. The SMILES string of the molecule is CCSCCC(C)NCCOc1ccc(OC)cc1. The molecule has 3 nitrogen and oxygen atoms in total. The second kappa shape index (κ2) is 9.98. The van der Waals surface area contributed by atoms with Gasteiger partial charge in [-0.2, -0.15) is 11.8 Å². The van der Waals surface area contributed by atoms with E-state index in [2.05, 4.69) is 19.2 Å². The molecule has 1 rings (SSSR count). The van der Waals surface area contributed by atoms with Crippen molar-refractivity contribution in [2.45, 2.75) is 26.3 Å². The molecular formula is C15H25NO2S. The van der Waals surface area contributed by atoms with Gasteiger partial charge in [0.25, 0.3) is 0 Å². The van der Waals surface area contributed by atoms with E-state index in [1.165, 1.54) is 17.9 Å². The fourth-order valence-electron chi connectivity index (χ4n) is 1.65. The van der Waals surface area contributed by atoms with E-state index in [0.29, 0.717) is 12.6 Å². The van der Waals surface area contributed by atoms with Crippen molar-refractivity contribution in [2.75, 3.05) is 31.8 Å². The molecule has 0 fully saturated rings. The van der Waals surface area contributed by atoms with Gasteiger partial charge in [0.1, 0.15) is 18.1 Å². The highest BCUT2D eigenvalue weighted by Gasteiger charge is 2.01. The second-order valence-corrected chi connectivity index (χ2v) is 5.76. The Morgan fingerprint density at radius 1 is 1.21 bits per heavy atom. The molecule has 0 bridgehead atoms. The minimum Gasteiger partial charge on any atom is -0.497 e. The van der Waals surface area contributed by atoms with E-state index in [4.69, 9.17) is 9.47 Å². The topological polar surface area (TPSA) is 30.5 Å². The summed E-state index contributed by atoms with van der Waals surface area (Å²) in [6, 6.07) is 8.24. The smallest absolute Gasteiger partial charge is 0.119 e. The van der Waals surface area contributed by atoms with Gasteiger partial charge < -0.3 is 14.8 Å². The van der Waals surface area contributed by atoms with Crippen molar-refractivity contribution in [1.29, 1.82) is 0 Å². The average Bonchev–Trinajstić information content (AvgIpc) is 2.44. The highest BCUT2D eigenvalue weighted by Crippen LogP contribution is 2.16. The lowest BCUT2D eigenvalue weighted by molar-refractivity contribution is 0.305. The molecule has 0 radical (unpaired) electrons. The zero-order chi connectivity index (χ0) is 13.9. The van der Waals surface area contributed by atoms with Crippen LogP contribution in [0.2, 0.25) is 0 Å². The number of methoxy groups -OCH3 is 1. The first kappa shape index (κ1) is 16.2. The van der Waals surface area contributed by atoms with Gasteiger partial charge >= 0.3 is 0 Å². The van der Waals surface area contributed by atoms with Gasteiger partial charge in [0.05, 0.1) is 7.11 Å². The van der Waals surface area contributed by atoms with E-state index in [1.54, 1.807) is 7.11 Å². The fraction of sp³-hybridized carbons (Fsp3) is 0.600. The summed E-state index contributed by atoms with van der Waals surface area (Å²) < 4.78 is 10.8. The van der Waals surface area contributed by atoms with E-state index < -0.39 is 0 Å². The van der Waals surface area contributed by atoms with Gasteiger partial charge in [-0.1, -0.05) is 6.92 Å². The number of rotatable bonds is 10. The molecule has 1 aromatic rings. The van der Waals surface area contributed by atoms with E-state index in [1.807, 2.05) is 36.0 Å². The Hall–Kier alpha value is -0.870. The molecule has 1 aromatic carbocycles. The Morgan fingerprint density at radius 2 is 1.89 bits per heavy atom. The van der Waals surface area contributed by atoms with Gasteiger partial charge in [-0.25, -0.2) is 0 Å². The molecule has 1 atom stereocenters. The molecule has 0 aliphatic carbocycles. The first-order chi connectivity index (χ1) is 9.26. The Bertz CT molecular complexity index is 329. The summed E-state index contributed by atoms with van der Waals surface area (Å²) in [6.45, 7) is 6.00. The highest BCUT2D eigenvalue weighted by molar-refractivity contribution is 7.99. The van der Waals surface area contributed by atoms with Crippen LogP contribution in [0.1, 0.15) is 20.3 Å². The molecule has 0 spiro atoms. The highest BCUT2D eigenvalue weighted by atomic mass is 32.2. The summed E-state index contributed by atoms with van der Waals surface area (Å²) in [5.41, 5.74) is 0. The van der Waals surface area contributed by atoms with Crippen LogP contribution < -0.4 is 14.8 Å².